The van der Waals surface area contributed by atoms with E-state index in [-0.39, 0.29) is 11.0 Å². The fraction of sp³-hybridized carbons (Fsp3) is 0.938. The first-order chi connectivity index (χ1) is 8.61. The number of rotatable bonds is 12. The van der Waals surface area contributed by atoms with Crippen molar-refractivity contribution in [2.24, 2.45) is 11.8 Å². The van der Waals surface area contributed by atoms with Crippen LogP contribution in [0.2, 0.25) is 0 Å². The second-order valence-electron chi connectivity index (χ2n) is 5.67. The van der Waals surface area contributed by atoms with Gasteiger partial charge in [-0.05, 0) is 18.8 Å². The van der Waals surface area contributed by atoms with Crippen molar-refractivity contribution in [3.05, 3.63) is 0 Å². The van der Waals surface area contributed by atoms with E-state index in [0.29, 0.717) is 0 Å². The minimum atomic E-state index is 0.0511. The summed E-state index contributed by atoms with van der Waals surface area (Å²) in [6, 6.07) is 0. The molecule has 0 rings (SSSR count). The van der Waals surface area contributed by atoms with Gasteiger partial charge in [-0.1, -0.05) is 72.1 Å². The second-order valence-corrected chi connectivity index (χ2v) is 6.11. The van der Waals surface area contributed by atoms with Crippen molar-refractivity contribution in [1.82, 2.24) is 0 Å². The van der Waals surface area contributed by atoms with E-state index >= 15 is 0 Å². The maximum Gasteiger partial charge on any atom is 0.188 e. The van der Waals surface area contributed by atoms with Crippen molar-refractivity contribution >= 4 is 17.7 Å². The molecule has 0 aromatic rings. The maximum absolute atomic E-state index is 11.1. The Morgan fingerprint density at radius 2 is 1.50 bits per heavy atom. The summed E-state index contributed by atoms with van der Waals surface area (Å²) in [6.45, 7) is 6.52. The summed E-state index contributed by atoms with van der Waals surface area (Å²) in [7, 11) is 0. The largest absolute Gasteiger partial charge is 0.287 e. The summed E-state index contributed by atoms with van der Waals surface area (Å²) in [5, 5.41) is 0.0511. The molecule has 0 bridgehead atoms. The van der Waals surface area contributed by atoms with Crippen LogP contribution >= 0.6 is 12.6 Å². The lowest BCUT2D eigenvalue weighted by Gasteiger charge is -2.18. The van der Waals surface area contributed by atoms with E-state index in [1.54, 1.807) is 0 Å². The fourth-order valence-corrected chi connectivity index (χ4v) is 2.52. The Bertz CT molecular complexity index is 203. The van der Waals surface area contributed by atoms with Crippen LogP contribution in [0.5, 0.6) is 0 Å². The zero-order chi connectivity index (χ0) is 13.8. The lowest BCUT2D eigenvalue weighted by atomic mass is 9.89. The third kappa shape index (κ3) is 9.99. The zero-order valence-corrected chi connectivity index (χ0v) is 13.5. The molecule has 2 unspecified atom stereocenters. The number of carbonyl (C=O) groups is 1. The number of carbonyl (C=O) groups excluding carboxylic acids is 1. The minimum absolute atomic E-state index is 0.0511. The molecular formula is C16H32OS. The van der Waals surface area contributed by atoms with Gasteiger partial charge in [0.2, 0.25) is 0 Å². The van der Waals surface area contributed by atoms with E-state index in [9.17, 15) is 4.79 Å². The first kappa shape index (κ1) is 18.0. The third-order valence-corrected chi connectivity index (χ3v) is 4.30. The lowest BCUT2D eigenvalue weighted by Crippen LogP contribution is -2.08. The van der Waals surface area contributed by atoms with Crippen LogP contribution in [0.15, 0.2) is 0 Å². The van der Waals surface area contributed by atoms with Gasteiger partial charge in [0.25, 0.3) is 0 Å². The fourth-order valence-electron chi connectivity index (χ4n) is 2.39. The van der Waals surface area contributed by atoms with E-state index in [0.717, 1.165) is 12.3 Å². The lowest BCUT2D eigenvalue weighted by molar-refractivity contribution is -0.114. The van der Waals surface area contributed by atoms with Crippen LogP contribution in [0, 0.1) is 11.8 Å². The Kier molecular flexibility index (Phi) is 12.1. The van der Waals surface area contributed by atoms with Gasteiger partial charge in [-0.2, -0.15) is 0 Å². The topological polar surface area (TPSA) is 17.1 Å². The molecule has 0 aliphatic carbocycles. The average molecular weight is 272 g/mol. The molecule has 0 aliphatic heterocycles. The molecule has 0 saturated heterocycles. The third-order valence-electron chi connectivity index (χ3n) is 3.86. The Morgan fingerprint density at radius 1 is 0.889 bits per heavy atom. The van der Waals surface area contributed by atoms with Gasteiger partial charge in [0.05, 0.1) is 0 Å². The molecule has 0 N–H and O–H groups in total. The van der Waals surface area contributed by atoms with E-state index in [1.165, 1.54) is 57.8 Å². The molecule has 0 aromatic heterocycles. The van der Waals surface area contributed by atoms with Crippen LogP contribution < -0.4 is 0 Å². The predicted molar refractivity (Wildman–Crippen MR) is 84.2 cm³/mol. The van der Waals surface area contributed by atoms with Crippen LogP contribution in [0.4, 0.5) is 0 Å². The molecule has 0 spiro atoms. The summed E-state index contributed by atoms with van der Waals surface area (Å²) in [6.07, 6.45) is 13.0. The van der Waals surface area contributed by atoms with E-state index in [4.69, 9.17) is 0 Å². The predicted octanol–water partition coefficient (Wildman–Crippen LogP) is 5.64. The minimum Gasteiger partial charge on any atom is -0.287 e. The highest BCUT2D eigenvalue weighted by Gasteiger charge is 2.13. The van der Waals surface area contributed by atoms with Gasteiger partial charge in [0, 0.05) is 5.92 Å². The highest BCUT2D eigenvalue weighted by molar-refractivity contribution is 7.96. The summed E-state index contributed by atoms with van der Waals surface area (Å²) >= 11 is 3.93. The number of thiol groups is 1. The SMILES string of the molecule is CCCCCCC(CCCC)CCC(C)C(=O)S. The van der Waals surface area contributed by atoms with Crippen LogP contribution in [0.1, 0.15) is 85.0 Å². The van der Waals surface area contributed by atoms with Crippen LogP contribution in [0.25, 0.3) is 0 Å². The molecular weight excluding hydrogens is 240 g/mol. The van der Waals surface area contributed by atoms with Crippen molar-refractivity contribution in [2.75, 3.05) is 0 Å². The molecule has 0 fully saturated rings. The van der Waals surface area contributed by atoms with Crippen molar-refractivity contribution in [2.45, 2.75) is 85.0 Å². The quantitative estimate of drug-likeness (QED) is 0.359. The van der Waals surface area contributed by atoms with Gasteiger partial charge < -0.3 is 0 Å². The van der Waals surface area contributed by atoms with Gasteiger partial charge in [-0.3, -0.25) is 4.79 Å². The van der Waals surface area contributed by atoms with E-state index < -0.39 is 0 Å². The molecule has 2 atom stereocenters. The number of hydrogen-bond donors (Lipinski definition) is 1. The van der Waals surface area contributed by atoms with Gasteiger partial charge in [0.1, 0.15) is 0 Å². The van der Waals surface area contributed by atoms with Crippen molar-refractivity contribution in [3.8, 4) is 0 Å². The van der Waals surface area contributed by atoms with Crippen LogP contribution in [0.3, 0.4) is 0 Å². The monoisotopic (exact) mass is 272 g/mol. The summed E-state index contributed by atoms with van der Waals surface area (Å²) < 4.78 is 0. The smallest absolute Gasteiger partial charge is 0.188 e. The summed E-state index contributed by atoms with van der Waals surface area (Å²) in [5.41, 5.74) is 0. The standard InChI is InChI=1S/C16H32OS/c1-4-6-8-9-11-15(10-7-5-2)13-12-14(3)16(17)18/h14-15H,4-13H2,1-3H3,(H,17,18). The molecule has 0 amide bonds. The Hall–Kier alpha value is 0.0200. The molecule has 0 heterocycles. The van der Waals surface area contributed by atoms with Gasteiger partial charge in [0.15, 0.2) is 5.12 Å². The molecule has 18 heavy (non-hydrogen) atoms. The number of unbranched alkanes of at least 4 members (excludes halogenated alkanes) is 4. The van der Waals surface area contributed by atoms with Crippen molar-refractivity contribution in [3.63, 3.8) is 0 Å². The average Bonchev–Trinajstić information content (AvgIpc) is 2.36. The molecule has 0 saturated carbocycles. The summed E-state index contributed by atoms with van der Waals surface area (Å²) in [4.78, 5) is 11.1. The number of hydrogen-bond acceptors (Lipinski definition) is 1. The Balaban J connectivity index is 3.86. The maximum atomic E-state index is 11.1. The van der Waals surface area contributed by atoms with Crippen LogP contribution in [-0.2, 0) is 4.79 Å². The normalized spacial score (nSPS) is 14.4. The highest BCUT2D eigenvalue weighted by Crippen LogP contribution is 2.24. The van der Waals surface area contributed by atoms with Crippen LogP contribution in [-0.4, -0.2) is 5.12 Å². The molecule has 1 nitrogen and oxygen atoms in total. The van der Waals surface area contributed by atoms with Crippen molar-refractivity contribution < 1.29 is 4.79 Å². The molecule has 0 aliphatic rings. The molecule has 108 valence electrons. The van der Waals surface area contributed by atoms with Crippen molar-refractivity contribution in [1.29, 1.82) is 0 Å². The molecule has 0 aromatic carbocycles. The Morgan fingerprint density at radius 3 is 2.06 bits per heavy atom. The molecule has 2 heteroatoms. The van der Waals surface area contributed by atoms with E-state index in [1.807, 2.05) is 6.92 Å². The van der Waals surface area contributed by atoms with Gasteiger partial charge in [-0.25, -0.2) is 0 Å². The molecule has 0 radical (unpaired) electrons. The van der Waals surface area contributed by atoms with Gasteiger partial charge in [-0.15, -0.1) is 12.6 Å². The highest BCUT2D eigenvalue weighted by atomic mass is 32.1. The van der Waals surface area contributed by atoms with E-state index in [2.05, 4.69) is 26.5 Å². The first-order valence-corrected chi connectivity index (χ1v) is 8.29. The van der Waals surface area contributed by atoms with Gasteiger partial charge >= 0.3 is 0 Å². The Labute approximate surface area is 120 Å². The zero-order valence-electron chi connectivity index (χ0n) is 12.6. The summed E-state index contributed by atoms with van der Waals surface area (Å²) in [5.74, 6) is 0.963. The first-order valence-electron chi connectivity index (χ1n) is 7.84. The second kappa shape index (κ2) is 12.1.